The molecule has 0 spiro atoms. The van der Waals surface area contributed by atoms with Gasteiger partial charge in [-0.15, -0.1) is 0 Å². The number of anilines is 2. The lowest BCUT2D eigenvalue weighted by Crippen LogP contribution is -2.47. The molecular formula is C20H22FN3O4S2. The minimum atomic E-state index is -3.81. The fourth-order valence-corrected chi connectivity index (χ4v) is 5.52. The van der Waals surface area contributed by atoms with Gasteiger partial charge in [0.25, 0.3) is 0 Å². The van der Waals surface area contributed by atoms with E-state index in [4.69, 9.17) is 0 Å². The lowest BCUT2D eigenvalue weighted by Gasteiger charge is -2.30. The largest absolute Gasteiger partial charge is 0.324 e. The lowest BCUT2D eigenvalue weighted by molar-refractivity contribution is -0.117. The molecule has 1 atom stereocenters. The van der Waals surface area contributed by atoms with E-state index < -0.39 is 27.8 Å². The van der Waals surface area contributed by atoms with Crippen LogP contribution >= 0.6 is 11.3 Å². The molecule has 0 bridgehead atoms. The first-order valence-electron chi connectivity index (χ1n) is 9.35. The molecule has 0 aliphatic rings. The number of carbonyl (C=O) groups excluding carboxylic acids is 1. The molecule has 0 saturated carbocycles. The summed E-state index contributed by atoms with van der Waals surface area (Å²) in [7, 11) is -3.81. The Balaban J connectivity index is 1.93. The highest BCUT2D eigenvalue weighted by Gasteiger charge is 2.31. The normalized spacial score (nSPS) is 12.7. The van der Waals surface area contributed by atoms with Crippen molar-refractivity contribution in [1.29, 1.82) is 0 Å². The second kappa shape index (κ2) is 8.57. The number of halogens is 1. The number of rotatable bonds is 7. The van der Waals surface area contributed by atoms with Gasteiger partial charge in [-0.25, -0.2) is 12.8 Å². The first-order chi connectivity index (χ1) is 14.2. The number of benzene rings is 2. The average Bonchev–Trinajstić information content (AvgIpc) is 3.00. The van der Waals surface area contributed by atoms with E-state index in [1.807, 2.05) is 6.92 Å². The van der Waals surface area contributed by atoms with Gasteiger partial charge in [0.05, 0.1) is 22.2 Å². The van der Waals surface area contributed by atoms with E-state index in [-0.39, 0.29) is 17.0 Å². The summed E-state index contributed by atoms with van der Waals surface area (Å²) in [6.45, 7) is 4.12. The summed E-state index contributed by atoms with van der Waals surface area (Å²) in [6.07, 6.45) is 1.21. The minimum absolute atomic E-state index is 0.0815. The van der Waals surface area contributed by atoms with Crippen molar-refractivity contribution >= 4 is 48.9 Å². The third kappa shape index (κ3) is 4.39. The van der Waals surface area contributed by atoms with Gasteiger partial charge < -0.3 is 5.32 Å². The molecule has 0 radical (unpaired) electrons. The Morgan fingerprint density at radius 1 is 1.20 bits per heavy atom. The van der Waals surface area contributed by atoms with Gasteiger partial charge in [-0.3, -0.25) is 18.5 Å². The molecule has 160 valence electrons. The third-order valence-electron chi connectivity index (χ3n) is 4.66. The van der Waals surface area contributed by atoms with Crippen LogP contribution < -0.4 is 14.5 Å². The van der Waals surface area contributed by atoms with Crippen molar-refractivity contribution in [3.05, 3.63) is 57.9 Å². The molecule has 2 aromatic carbocycles. The lowest BCUT2D eigenvalue weighted by atomic mass is 10.1. The third-order valence-corrected chi connectivity index (χ3v) is 6.78. The Hall–Kier alpha value is -2.72. The molecule has 0 aliphatic carbocycles. The highest BCUT2D eigenvalue weighted by molar-refractivity contribution is 7.92. The Bertz CT molecular complexity index is 1230. The molecule has 7 nitrogen and oxygen atoms in total. The van der Waals surface area contributed by atoms with Crippen LogP contribution in [0.15, 0.2) is 47.3 Å². The van der Waals surface area contributed by atoms with Crippen molar-refractivity contribution in [3.8, 4) is 0 Å². The van der Waals surface area contributed by atoms with Crippen LogP contribution in [-0.4, -0.2) is 31.2 Å². The number of hydrogen-bond acceptors (Lipinski definition) is 5. The van der Waals surface area contributed by atoms with Crippen LogP contribution in [0.3, 0.4) is 0 Å². The average molecular weight is 452 g/mol. The number of sulfonamides is 1. The highest BCUT2D eigenvalue weighted by atomic mass is 32.2. The van der Waals surface area contributed by atoms with Gasteiger partial charge in [0.1, 0.15) is 11.9 Å². The van der Waals surface area contributed by atoms with E-state index in [1.54, 1.807) is 29.7 Å². The maximum absolute atomic E-state index is 13.3. The summed E-state index contributed by atoms with van der Waals surface area (Å²) in [5.41, 5.74) is 1.44. The topological polar surface area (TPSA) is 88.5 Å². The van der Waals surface area contributed by atoms with Crippen molar-refractivity contribution in [2.24, 2.45) is 0 Å². The van der Waals surface area contributed by atoms with Crippen LogP contribution in [0.5, 0.6) is 0 Å². The molecule has 1 aromatic heterocycles. The molecule has 1 N–H and O–H groups in total. The van der Waals surface area contributed by atoms with E-state index >= 15 is 0 Å². The fraction of sp³-hybridized carbons (Fsp3) is 0.300. The minimum Gasteiger partial charge on any atom is -0.324 e. The molecule has 0 saturated heterocycles. The van der Waals surface area contributed by atoms with Crippen LogP contribution in [0.25, 0.3) is 10.2 Å². The van der Waals surface area contributed by atoms with E-state index in [0.29, 0.717) is 12.2 Å². The maximum atomic E-state index is 13.3. The zero-order valence-electron chi connectivity index (χ0n) is 16.8. The number of carbonyl (C=O) groups is 1. The quantitative estimate of drug-likeness (QED) is 0.596. The fourth-order valence-electron chi connectivity index (χ4n) is 3.32. The first kappa shape index (κ1) is 22.0. The summed E-state index contributed by atoms with van der Waals surface area (Å²) in [5.74, 6) is -1.02. The van der Waals surface area contributed by atoms with Gasteiger partial charge in [0, 0.05) is 12.2 Å². The number of hydrogen-bond donors (Lipinski definition) is 1. The number of thiazole rings is 1. The van der Waals surface area contributed by atoms with Gasteiger partial charge in [-0.05, 0) is 55.8 Å². The van der Waals surface area contributed by atoms with Crippen molar-refractivity contribution in [3.63, 3.8) is 0 Å². The van der Waals surface area contributed by atoms with E-state index in [2.05, 4.69) is 5.32 Å². The predicted molar refractivity (Wildman–Crippen MR) is 118 cm³/mol. The molecule has 30 heavy (non-hydrogen) atoms. The predicted octanol–water partition coefficient (Wildman–Crippen LogP) is 3.41. The Kier molecular flexibility index (Phi) is 6.27. The number of aromatic nitrogens is 1. The second-order valence-corrected chi connectivity index (χ2v) is 9.60. The molecule has 10 heteroatoms. The summed E-state index contributed by atoms with van der Waals surface area (Å²) in [5, 5.41) is 2.74. The number of nitrogens with one attached hydrogen (secondary N) is 1. The molecule has 0 fully saturated rings. The van der Waals surface area contributed by atoms with Crippen molar-refractivity contribution in [1.82, 2.24) is 4.57 Å². The molecule has 1 heterocycles. The highest BCUT2D eigenvalue weighted by Crippen LogP contribution is 2.25. The molecule has 3 aromatic rings. The van der Waals surface area contributed by atoms with Crippen molar-refractivity contribution in [2.75, 3.05) is 15.9 Å². The van der Waals surface area contributed by atoms with E-state index in [9.17, 15) is 22.4 Å². The number of nitrogens with zero attached hydrogens (tertiary/aromatic N) is 2. The first-order valence-corrected chi connectivity index (χ1v) is 12.0. The maximum Gasteiger partial charge on any atom is 0.308 e. The second-order valence-electron chi connectivity index (χ2n) is 6.74. The number of aryl methyl sites for hydroxylation is 1. The van der Waals surface area contributed by atoms with Crippen molar-refractivity contribution in [2.45, 2.75) is 32.9 Å². The van der Waals surface area contributed by atoms with Crippen LogP contribution in [0, 0.1) is 5.82 Å². The molecule has 0 unspecified atom stereocenters. The molecular weight excluding hydrogens is 429 g/mol. The van der Waals surface area contributed by atoms with Crippen molar-refractivity contribution < 1.29 is 17.6 Å². The number of fused-ring (bicyclic) bond motifs is 1. The zero-order chi connectivity index (χ0) is 22.1. The number of amides is 1. The van der Waals surface area contributed by atoms with Crippen LogP contribution in [0.4, 0.5) is 15.8 Å². The van der Waals surface area contributed by atoms with Gasteiger partial charge in [0.2, 0.25) is 15.9 Å². The van der Waals surface area contributed by atoms with Crippen LogP contribution in [-0.2, 0) is 21.4 Å². The Labute approximate surface area is 177 Å². The summed E-state index contributed by atoms with van der Waals surface area (Å²) < 4.78 is 41.5. The standard InChI is InChI=1S/C20H22FN3O4S2/c1-4-16(24(30(3,27)28)15-9-6-13(21)7-10-15)19(25)22-14-8-11-17-18(12-14)29-20(26)23(17)5-2/h6-12,16H,4-5H2,1-3H3,(H,22,25)/t16-/m0/s1. The van der Waals surface area contributed by atoms with Gasteiger partial charge >= 0.3 is 4.87 Å². The van der Waals surface area contributed by atoms with Gasteiger partial charge in [-0.1, -0.05) is 18.3 Å². The zero-order valence-corrected chi connectivity index (χ0v) is 18.4. The monoisotopic (exact) mass is 451 g/mol. The molecule has 3 rings (SSSR count). The van der Waals surface area contributed by atoms with Gasteiger partial charge in [0.15, 0.2) is 0 Å². The molecule has 0 aliphatic heterocycles. The summed E-state index contributed by atoms with van der Waals surface area (Å²) >= 11 is 1.08. The summed E-state index contributed by atoms with van der Waals surface area (Å²) in [6, 6.07) is 9.03. The Morgan fingerprint density at radius 3 is 2.43 bits per heavy atom. The molecule has 1 amide bonds. The van der Waals surface area contributed by atoms with E-state index in [0.717, 1.165) is 44.2 Å². The van der Waals surface area contributed by atoms with E-state index in [1.165, 1.54) is 12.1 Å². The smallest absolute Gasteiger partial charge is 0.308 e. The van der Waals surface area contributed by atoms with Crippen LogP contribution in [0.2, 0.25) is 0 Å². The summed E-state index contributed by atoms with van der Waals surface area (Å²) in [4.78, 5) is 24.9. The SMILES string of the molecule is CC[C@@H](C(=O)Nc1ccc2c(c1)sc(=O)n2CC)N(c1ccc(F)cc1)S(C)(=O)=O. The van der Waals surface area contributed by atoms with Gasteiger partial charge in [-0.2, -0.15) is 0 Å². The Morgan fingerprint density at radius 2 is 1.87 bits per heavy atom. The van der Waals surface area contributed by atoms with Crippen LogP contribution in [0.1, 0.15) is 20.3 Å².